The highest BCUT2D eigenvalue weighted by Gasteiger charge is 2.34. The molecule has 0 saturated carbocycles. The molecule has 0 spiro atoms. The van der Waals surface area contributed by atoms with E-state index < -0.39 is 37.6 Å². The topological polar surface area (TPSA) is 110 Å². The molecule has 0 aliphatic rings. The molecule has 0 atom stereocenters. The molecule has 0 saturated heterocycles. The van der Waals surface area contributed by atoms with Gasteiger partial charge >= 0.3 is 6.18 Å². The lowest BCUT2D eigenvalue weighted by atomic mass is 10.2. The monoisotopic (exact) mass is 512 g/mol. The van der Waals surface area contributed by atoms with E-state index in [0.717, 1.165) is 18.2 Å². The van der Waals surface area contributed by atoms with Crippen molar-refractivity contribution in [3.63, 3.8) is 0 Å². The number of hydrogen-bond acceptors (Lipinski definition) is 6. The maximum atomic E-state index is 13.2. The summed E-state index contributed by atoms with van der Waals surface area (Å²) in [5.41, 5.74) is -0.851. The van der Waals surface area contributed by atoms with Gasteiger partial charge in [-0.3, -0.25) is 9.52 Å². The zero-order valence-corrected chi connectivity index (χ0v) is 18.9. The van der Waals surface area contributed by atoms with Gasteiger partial charge in [0.25, 0.3) is 10.0 Å². The Morgan fingerprint density at radius 1 is 1.15 bits per heavy atom. The first-order valence-corrected chi connectivity index (χ1v) is 11.2. The van der Waals surface area contributed by atoms with Crippen LogP contribution in [0.4, 0.5) is 24.7 Å². The van der Waals surface area contributed by atoms with Crippen molar-refractivity contribution < 1.29 is 31.1 Å². The van der Waals surface area contributed by atoms with Crippen LogP contribution in [0, 0.1) is 6.92 Å². The van der Waals surface area contributed by atoms with Crippen molar-refractivity contribution in [1.29, 1.82) is 0 Å². The summed E-state index contributed by atoms with van der Waals surface area (Å²) >= 11 is 5.58. The van der Waals surface area contributed by atoms with Gasteiger partial charge in [-0.05, 0) is 55.0 Å². The molecule has 178 valence electrons. The second kappa shape index (κ2) is 9.69. The van der Waals surface area contributed by atoms with Gasteiger partial charge in [-0.1, -0.05) is 18.2 Å². The zero-order chi connectivity index (χ0) is 25.1. The number of anilines is 2. The van der Waals surface area contributed by atoms with Crippen LogP contribution in [-0.4, -0.2) is 24.3 Å². The summed E-state index contributed by atoms with van der Waals surface area (Å²) in [6.07, 6.45) is -1.11. The number of aromatic nitrogens is 2. The number of benzene rings is 1. The molecule has 0 radical (unpaired) electrons. The van der Waals surface area contributed by atoms with Crippen molar-refractivity contribution in [2.75, 3.05) is 10.0 Å². The Hall–Kier alpha value is -3.64. The molecule has 1 amide bonds. The van der Waals surface area contributed by atoms with Crippen molar-refractivity contribution in [3.8, 4) is 11.6 Å². The van der Waals surface area contributed by atoms with E-state index in [0.29, 0.717) is 11.6 Å². The fourth-order valence-electron chi connectivity index (χ4n) is 2.61. The van der Waals surface area contributed by atoms with Gasteiger partial charge in [0.15, 0.2) is 0 Å². The minimum atomic E-state index is -4.84. The fourth-order valence-corrected chi connectivity index (χ4v) is 3.91. The van der Waals surface area contributed by atoms with E-state index in [1.54, 1.807) is 6.92 Å². The first-order chi connectivity index (χ1) is 15.9. The number of sulfonamides is 1. The predicted octanol–water partition coefficient (Wildman–Crippen LogP) is 5.17. The molecule has 2 N–H and O–H groups in total. The third kappa shape index (κ3) is 6.02. The lowest BCUT2D eigenvalue weighted by molar-refractivity contribution is -0.137. The number of halogens is 4. The Morgan fingerprint density at radius 2 is 1.88 bits per heavy atom. The molecular formula is C21H16ClF3N4O4S. The number of ether oxygens (including phenoxy) is 1. The van der Waals surface area contributed by atoms with E-state index in [-0.39, 0.29) is 23.1 Å². The third-order valence-corrected chi connectivity index (χ3v) is 5.87. The fraction of sp³-hybridized carbons (Fsp3) is 0.0952. The smallest absolute Gasteiger partial charge is 0.417 e. The van der Waals surface area contributed by atoms with Crippen LogP contribution < -0.4 is 14.8 Å². The second-order valence-electron chi connectivity index (χ2n) is 6.78. The van der Waals surface area contributed by atoms with Crippen LogP contribution in [0.1, 0.15) is 11.1 Å². The minimum Gasteiger partial charge on any atom is -0.435 e. The number of carbonyl (C=O) groups is 1. The van der Waals surface area contributed by atoms with Crippen molar-refractivity contribution in [1.82, 2.24) is 9.97 Å². The minimum absolute atomic E-state index is 0.118. The molecule has 2 heterocycles. The molecule has 1 aromatic carbocycles. The number of hydrogen-bond donors (Lipinski definition) is 2. The summed E-state index contributed by atoms with van der Waals surface area (Å²) in [5.74, 6) is -0.268. The quantitative estimate of drug-likeness (QED) is 0.422. The van der Waals surface area contributed by atoms with Gasteiger partial charge < -0.3 is 10.1 Å². The van der Waals surface area contributed by atoms with E-state index in [9.17, 15) is 26.4 Å². The summed E-state index contributed by atoms with van der Waals surface area (Å²) in [6.45, 7) is 4.96. The maximum absolute atomic E-state index is 13.2. The number of rotatable bonds is 7. The number of aryl methyl sites for hydroxylation is 1. The number of nitrogens with zero attached hydrogens (tertiary/aromatic N) is 2. The van der Waals surface area contributed by atoms with Crippen LogP contribution in [0.3, 0.4) is 0 Å². The lowest BCUT2D eigenvalue weighted by Gasteiger charge is -2.15. The SMILES string of the molecule is C=CC(=O)Nc1ccc(Oc2ncc(C)cc2NS(=O)(=O)c2ccc(Cl)c(C(F)(F)F)c2)cn1. The van der Waals surface area contributed by atoms with E-state index in [1.165, 1.54) is 30.6 Å². The lowest BCUT2D eigenvalue weighted by Crippen LogP contribution is -2.16. The Kier molecular flexibility index (Phi) is 7.12. The van der Waals surface area contributed by atoms with Gasteiger partial charge in [-0.15, -0.1) is 0 Å². The molecule has 13 heteroatoms. The molecule has 34 heavy (non-hydrogen) atoms. The third-order valence-electron chi connectivity index (χ3n) is 4.17. The first-order valence-electron chi connectivity index (χ1n) is 9.32. The van der Waals surface area contributed by atoms with Gasteiger partial charge in [0.05, 0.1) is 21.7 Å². The average Bonchev–Trinajstić information content (AvgIpc) is 2.76. The highest BCUT2D eigenvalue weighted by molar-refractivity contribution is 7.92. The largest absolute Gasteiger partial charge is 0.435 e. The Balaban J connectivity index is 1.89. The van der Waals surface area contributed by atoms with Crippen molar-refractivity contribution in [3.05, 3.63) is 77.6 Å². The summed E-state index contributed by atoms with van der Waals surface area (Å²) < 4.78 is 72.9. The molecule has 3 rings (SSSR count). The number of nitrogens with one attached hydrogen (secondary N) is 2. The van der Waals surface area contributed by atoms with E-state index in [1.807, 2.05) is 0 Å². The summed E-state index contributed by atoms with van der Waals surface area (Å²) in [6, 6.07) is 6.51. The zero-order valence-electron chi connectivity index (χ0n) is 17.4. The molecule has 0 fully saturated rings. The Morgan fingerprint density at radius 3 is 2.50 bits per heavy atom. The number of carbonyl (C=O) groups excluding carboxylic acids is 1. The van der Waals surface area contributed by atoms with Crippen LogP contribution in [0.5, 0.6) is 11.6 Å². The summed E-state index contributed by atoms with van der Waals surface area (Å²) in [4.78, 5) is 18.7. The van der Waals surface area contributed by atoms with Crippen molar-refractivity contribution in [2.45, 2.75) is 18.0 Å². The van der Waals surface area contributed by atoms with Gasteiger partial charge in [0.2, 0.25) is 11.8 Å². The Labute approximate surface area is 197 Å². The summed E-state index contributed by atoms with van der Waals surface area (Å²) in [7, 11) is -4.47. The molecular weight excluding hydrogens is 497 g/mol. The molecule has 0 aliphatic heterocycles. The average molecular weight is 513 g/mol. The molecule has 0 unspecified atom stereocenters. The normalized spacial score (nSPS) is 11.6. The highest BCUT2D eigenvalue weighted by Crippen LogP contribution is 2.37. The highest BCUT2D eigenvalue weighted by atomic mass is 35.5. The molecule has 2 aromatic heterocycles. The van der Waals surface area contributed by atoms with Crippen LogP contribution in [0.15, 0.2) is 66.3 Å². The van der Waals surface area contributed by atoms with Crippen LogP contribution >= 0.6 is 11.6 Å². The number of pyridine rings is 2. The number of amides is 1. The van der Waals surface area contributed by atoms with Crippen LogP contribution in [0.25, 0.3) is 0 Å². The predicted molar refractivity (Wildman–Crippen MR) is 119 cm³/mol. The van der Waals surface area contributed by atoms with Gasteiger partial charge in [-0.25, -0.2) is 18.4 Å². The van der Waals surface area contributed by atoms with Gasteiger partial charge in [-0.2, -0.15) is 13.2 Å². The van der Waals surface area contributed by atoms with Crippen molar-refractivity contribution in [2.24, 2.45) is 0 Å². The standard InChI is InChI=1S/C21H16ClF3N4O4S/c1-3-19(30)28-18-7-4-13(11-26-18)33-20-17(8-12(2)10-27-20)29-34(31,32)14-5-6-16(22)15(9-14)21(23,24)25/h3-11,29H,1H2,2H3,(H,26,28,30). The van der Waals surface area contributed by atoms with Crippen LogP contribution in [0.2, 0.25) is 5.02 Å². The van der Waals surface area contributed by atoms with Crippen LogP contribution in [-0.2, 0) is 21.0 Å². The Bertz CT molecular complexity index is 1350. The van der Waals surface area contributed by atoms with E-state index >= 15 is 0 Å². The molecule has 8 nitrogen and oxygen atoms in total. The van der Waals surface area contributed by atoms with E-state index in [4.69, 9.17) is 16.3 Å². The maximum Gasteiger partial charge on any atom is 0.417 e. The second-order valence-corrected chi connectivity index (χ2v) is 8.87. The summed E-state index contributed by atoms with van der Waals surface area (Å²) in [5, 5.41) is 1.82. The van der Waals surface area contributed by atoms with Crippen molar-refractivity contribution >= 4 is 39.0 Å². The van der Waals surface area contributed by atoms with Gasteiger partial charge in [0.1, 0.15) is 17.3 Å². The van der Waals surface area contributed by atoms with Gasteiger partial charge in [0, 0.05) is 6.20 Å². The first kappa shape index (κ1) is 25.0. The molecule has 3 aromatic rings. The van der Waals surface area contributed by atoms with E-state index in [2.05, 4.69) is 26.6 Å². The number of alkyl halides is 3. The molecule has 0 bridgehead atoms. The molecule has 0 aliphatic carbocycles.